The molecule has 1 saturated heterocycles. The Balaban J connectivity index is 2.39. The number of piperidine rings is 1. The summed E-state index contributed by atoms with van der Waals surface area (Å²) in [4.78, 5) is 13.3. The molecule has 4 nitrogen and oxygen atoms in total. The molecule has 0 N–H and O–H groups in total. The van der Waals surface area contributed by atoms with E-state index in [1.54, 1.807) is 0 Å². The van der Waals surface area contributed by atoms with Gasteiger partial charge in [0.2, 0.25) is 0 Å². The Morgan fingerprint density at radius 3 is 2.57 bits per heavy atom. The van der Waals surface area contributed by atoms with Crippen molar-refractivity contribution in [3.05, 3.63) is 0 Å². The van der Waals surface area contributed by atoms with Crippen LogP contribution in [-0.2, 0) is 9.53 Å². The van der Waals surface area contributed by atoms with Gasteiger partial charge < -0.3 is 4.74 Å². The van der Waals surface area contributed by atoms with Crippen molar-refractivity contribution in [3.8, 4) is 6.07 Å². The number of rotatable bonds is 2. The van der Waals surface area contributed by atoms with E-state index in [1.807, 2.05) is 6.92 Å². The van der Waals surface area contributed by atoms with E-state index in [1.165, 1.54) is 7.11 Å². The molecule has 0 aliphatic carbocycles. The summed E-state index contributed by atoms with van der Waals surface area (Å²) in [5.41, 5.74) is 0. The lowest BCUT2D eigenvalue weighted by atomic mass is 9.96. The molecule has 1 heterocycles. The third-order valence-corrected chi connectivity index (χ3v) is 2.80. The highest BCUT2D eigenvalue weighted by atomic mass is 16.5. The molecular formula is C10H16N2O2. The first-order valence-electron chi connectivity index (χ1n) is 4.90. The van der Waals surface area contributed by atoms with Gasteiger partial charge in [-0.3, -0.25) is 9.69 Å². The number of nitrogens with zero attached hydrogens (tertiary/aromatic N) is 2. The third kappa shape index (κ3) is 2.46. The van der Waals surface area contributed by atoms with E-state index in [0.29, 0.717) is 0 Å². The van der Waals surface area contributed by atoms with E-state index in [-0.39, 0.29) is 17.9 Å². The lowest BCUT2D eigenvalue weighted by Crippen LogP contribution is -2.41. The van der Waals surface area contributed by atoms with Crippen molar-refractivity contribution in [1.82, 2.24) is 4.90 Å². The number of hydrogen-bond acceptors (Lipinski definition) is 4. The molecule has 0 bridgehead atoms. The van der Waals surface area contributed by atoms with Crippen LogP contribution in [0.4, 0.5) is 0 Å². The minimum atomic E-state index is -0.116. The number of carbonyl (C=O) groups is 1. The molecule has 0 spiro atoms. The van der Waals surface area contributed by atoms with Crippen molar-refractivity contribution in [2.24, 2.45) is 5.92 Å². The zero-order chi connectivity index (χ0) is 10.6. The second-order valence-corrected chi connectivity index (χ2v) is 3.64. The Labute approximate surface area is 84.4 Å². The maximum Gasteiger partial charge on any atom is 0.308 e. The molecule has 4 heteroatoms. The van der Waals surface area contributed by atoms with Gasteiger partial charge in [-0.1, -0.05) is 0 Å². The summed E-state index contributed by atoms with van der Waals surface area (Å²) >= 11 is 0. The Hall–Kier alpha value is -1.08. The highest BCUT2D eigenvalue weighted by Crippen LogP contribution is 2.19. The number of methoxy groups -OCH3 is 1. The quantitative estimate of drug-likeness (QED) is 0.612. The van der Waals surface area contributed by atoms with Gasteiger partial charge in [-0.15, -0.1) is 0 Å². The molecule has 1 fully saturated rings. The van der Waals surface area contributed by atoms with Crippen LogP contribution >= 0.6 is 0 Å². The molecule has 1 unspecified atom stereocenters. The Kier molecular flexibility index (Phi) is 3.90. The van der Waals surface area contributed by atoms with Crippen molar-refractivity contribution >= 4 is 5.97 Å². The Morgan fingerprint density at radius 1 is 1.57 bits per heavy atom. The molecule has 78 valence electrons. The molecule has 1 aliphatic heterocycles. The van der Waals surface area contributed by atoms with Crippen LogP contribution < -0.4 is 0 Å². The topological polar surface area (TPSA) is 53.3 Å². The zero-order valence-electron chi connectivity index (χ0n) is 8.69. The lowest BCUT2D eigenvalue weighted by molar-refractivity contribution is -0.147. The van der Waals surface area contributed by atoms with Crippen LogP contribution in [0.1, 0.15) is 19.8 Å². The summed E-state index contributed by atoms with van der Waals surface area (Å²) < 4.78 is 4.69. The first-order valence-corrected chi connectivity index (χ1v) is 4.90. The molecule has 0 amide bonds. The molecule has 0 saturated carbocycles. The highest BCUT2D eigenvalue weighted by molar-refractivity contribution is 5.72. The van der Waals surface area contributed by atoms with Gasteiger partial charge in [-0.05, 0) is 19.8 Å². The molecule has 14 heavy (non-hydrogen) atoms. The molecule has 0 aromatic carbocycles. The van der Waals surface area contributed by atoms with Gasteiger partial charge in [-0.2, -0.15) is 5.26 Å². The van der Waals surface area contributed by atoms with Gasteiger partial charge in [0.05, 0.1) is 25.1 Å². The maximum atomic E-state index is 11.2. The van der Waals surface area contributed by atoms with Gasteiger partial charge in [0.25, 0.3) is 0 Å². The first kappa shape index (κ1) is 11.0. The smallest absolute Gasteiger partial charge is 0.308 e. The van der Waals surface area contributed by atoms with Crippen LogP contribution in [0.15, 0.2) is 0 Å². The zero-order valence-corrected chi connectivity index (χ0v) is 8.69. The SMILES string of the molecule is COC(=O)C1CCN(C(C)C#N)CC1. The number of esters is 1. The van der Waals surface area contributed by atoms with Crippen LogP contribution in [0.3, 0.4) is 0 Å². The van der Waals surface area contributed by atoms with E-state index < -0.39 is 0 Å². The fraction of sp³-hybridized carbons (Fsp3) is 0.800. The van der Waals surface area contributed by atoms with Crippen LogP contribution in [0, 0.1) is 17.2 Å². The second kappa shape index (κ2) is 4.97. The summed E-state index contributed by atoms with van der Waals surface area (Å²) in [6.07, 6.45) is 1.61. The van der Waals surface area contributed by atoms with Crippen molar-refractivity contribution in [3.63, 3.8) is 0 Å². The number of ether oxygens (including phenoxy) is 1. The van der Waals surface area contributed by atoms with Crippen molar-refractivity contribution in [2.45, 2.75) is 25.8 Å². The Morgan fingerprint density at radius 2 is 2.14 bits per heavy atom. The van der Waals surface area contributed by atoms with E-state index in [0.717, 1.165) is 25.9 Å². The Bertz CT molecular complexity index is 239. The first-order chi connectivity index (χ1) is 6.69. The summed E-state index contributed by atoms with van der Waals surface area (Å²) in [6.45, 7) is 3.52. The normalized spacial score (nSPS) is 21.2. The van der Waals surface area contributed by atoms with Crippen LogP contribution in [0.2, 0.25) is 0 Å². The van der Waals surface area contributed by atoms with Crippen LogP contribution in [0.5, 0.6) is 0 Å². The van der Waals surface area contributed by atoms with Crippen LogP contribution in [0.25, 0.3) is 0 Å². The predicted molar refractivity (Wildman–Crippen MR) is 51.4 cm³/mol. The van der Waals surface area contributed by atoms with Gasteiger partial charge in [0, 0.05) is 13.1 Å². The fourth-order valence-electron chi connectivity index (χ4n) is 1.77. The van der Waals surface area contributed by atoms with Gasteiger partial charge in [0.1, 0.15) is 0 Å². The molecule has 0 aromatic heterocycles. The largest absolute Gasteiger partial charge is 0.469 e. The number of hydrogen-bond donors (Lipinski definition) is 0. The molecular weight excluding hydrogens is 180 g/mol. The van der Waals surface area contributed by atoms with E-state index in [9.17, 15) is 4.79 Å². The summed E-state index contributed by atoms with van der Waals surface area (Å²) in [5, 5.41) is 8.72. The fourth-order valence-corrected chi connectivity index (χ4v) is 1.77. The van der Waals surface area contributed by atoms with Gasteiger partial charge in [-0.25, -0.2) is 0 Å². The molecule has 1 atom stereocenters. The van der Waals surface area contributed by atoms with E-state index in [4.69, 9.17) is 5.26 Å². The van der Waals surface area contributed by atoms with Crippen molar-refractivity contribution < 1.29 is 9.53 Å². The molecule has 1 aliphatic rings. The lowest BCUT2D eigenvalue weighted by Gasteiger charge is -2.31. The molecule has 1 rings (SSSR count). The molecule has 0 aromatic rings. The average molecular weight is 196 g/mol. The van der Waals surface area contributed by atoms with Crippen molar-refractivity contribution in [1.29, 1.82) is 5.26 Å². The van der Waals surface area contributed by atoms with Gasteiger partial charge in [0.15, 0.2) is 0 Å². The average Bonchev–Trinajstić information content (AvgIpc) is 2.27. The summed E-state index contributed by atoms with van der Waals surface area (Å²) in [5.74, 6) is -0.0867. The second-order valence-electron chi connectivity index (χ2n) is 3.64. The van der Waals surface area contributed by atoms with Gasteiger partial charge >= 0.3 is 5.97 Å². The summed E-state index contributed by atoms with van der Waals surface area (Å²) in [6, 6.07) is 2.15. The predicted octanol–water partition coefficient (Wildman–Crippen LogP) is 0.783. The molecule has 0 radical (unpaired) electrons. The highest BCUT2D eigenvalue weighted by Gasteiger charge is 2.27. The van der Waals surface area contributed by atoms with E-state index in [2.05, 4.69) is 15.7 Å². The number of nitriles is 1. The third-order valence-electron chi connectivity index (χ3n) is 2.80. The number of likely N-dealkylation sites (tertiary alicyclic amines) is 1. The van der Waals surface area contributed by atoms with Crippen molar-refractivity contribution in [2.75, 3.05) is 20.2 Å². The summed E-state index contributed by atoms with van der Waals surface area (Å²) in [7, 11) is 1.42. The maximum absolute atomic E-state index is 11.2. The monoisotopic (exact) mass is 196 g/mol. The minimum absolute atomic E-state index is 0.0298. The number of carbonyl (C=O) groups excluding carboxylic acids is 1. The van der Waals surface area contributed by atoms with Crippen LogP contribution in [-0.4, -0.2) is 37.1 Å². The van der Waals surface area contributed by atoms with E-state index >= 15 is 0 Å². The minimum Gasteiger partial charge on any atom is -0.469 e. The standard InChI is InChI=1S/C10H16N2O2/c1-8(7-11)12-5-3-9(4-6-12)10(13)14-2/h8-9H,3-6H2,1-2H3.